The summed E-state index contributed by atoms with van der Waals surface area (Å²) < 4.78 is 18.7. The van der Waals surface area contributed by atoms with E-state index in [1.165, 1.54) is 12.1 Å². The molecule has 0 bridgehead atoms. The molecule has 1 saturated heterocycles. The van der Waals surface area contributed by atoms with Crippen LogP contribution in [0.5, 0.6) is 0 Å². The van der Waals surface area contributed by atoms with Crippen molar-refractivity contribution >= 4 is 11.6 Å². The molecule has 2 unspecified atom stereocenters. The molecule has 2 rings (SSSR count). The van der Waals surface area contributed by atoms with Gasteiger partial charge in [-0.25, -0.2) is 4.39 Å². The summed E-state index contributed by atoms with van der Waals surface area (Å²) in [6.45, 7) is 2.17. The summed E-state index contributed by atoms with van der Waals surface area (Å²) in [5.41, 5.74) is 6.71. The maximum atomic E-state index is 13.3. The second-order valence-electron chi connectivity index (χ2n) is 5.02. The van der Waals surface area contributed by atoms with E-state index in [-0.39, 0.29) is 18.0 Å². The summed E-state index contributed by atoms with van der Waals surface area (Å²) in [5, 5.41) is 0.436. The molecule has 1 aromatic carbocycles. The van der Waals surface area contributed by atoms with E-state index in [2.05, 4.69) is 4.90 Å². The van der Waals surface area contributed by atoms with Gasteiger partial charge in [0.05, 0.1) is 6.10 Å². The standard InChI is InChI=1S/C14H20ClFN2O/c1-19-14-2-3-18(13(7-14)8-17)9-10-4-11(15)6-12(16)5-10/h4-6,13-14H,2-3,7-9,17H2,1H3. The molecule has 0 aromatic heterocycles. The molecule has 0 saturated carbocycles. The van der Waals surface area contributed by atoms with Crippen LogP contribution in [0.25, 0.3) is 0 Å². The Kier molecular flexibility index (Phi) is 5.16. The van der Waals surface area contributed by atoms with E-state index in [0.29, 0.717) is 18.1 Å². The van der Waals surface area contributed by atoms with Gasteiger partial charge in [0.2, 0.25) is 0 Å². The van der Waals surface area contributed by atoms with Gasteiger partial charge in [-0.05, 0) is 36.6 Å². The number of halogens is 2. The summed E-state index contributed by atoms with van der Waals surface area (Å²) in [7, 11) is 1.74. The van der Waals surface area contributed by atoms with E-state index >= 15 is 0 Å². The lowest BCUT2D eigenvalue weighted by atomic mass is 9.98. The van der Waals surface area contributed by atoms with E-state index in [1.807, 2.05) is 0 Å². The maximum absolute atomic E-state index is 13.3. The second kappa shape index (κ2) is 6.66. The van der Waals surface area contributed by atoms with Crippen molar-refractivity contribution in [1.29, 1.82) is 0 Å². The van der Waals surface area contributed by atoms with Crippen molar-refractivity contribution in [2.75, 3.05) is 20.2 Å². The predicted octanol–water partition coefficient (Wildman–Crippen LogP) is 2.42. The molecule has 0 amide bonds. The van der Waals surface area contributed by atoms with Crippen LogP contribution in [0.15, 0.2) is 18.2 Å². The average Bonchev–Trinajstić information content (AvgIpc) is 2.38. The quantitative estimate of drug-likeness (QED) is 0.924. The fourth-order valence-corrected chi connectivity index (χ4v) is 2.91. The minimum absolute atomic E-state index is 0.278. The SMILES string of the molecule is COC1CCN(Cc2cc(F)cc(Cl)c2)C(CN)C1. The summed E-state index contributed by atoms with van der Waals surface area (Å²) in [6, 6.07) is 4.94. The molecule has 106 valence electrons. The zero-order valence-corrected chi connectivity index (χ0v) is 11.9. The van der Waals surface area contributed by atoms with Gasteiger partial charge in [0.1, 0.15) is 5.82 Å². The highest BCUT2D eigenvalue weighted by Gasteiger charge is 2.27. The number of likely N-dealkylation sites (tertiary alicyclic amines) is 1. The first-order valence-corrected chi connectivity index (χ1v) is 6.92. The summed E-state index contributed by atoms with van der Waals surface area (Å²) in [5.74, 6) is -0.293. The Bertz CT molecular complexity index is 410. The molecule has 19 heavy (non-hydrogen) atoms. The number of ether oxygens (including phenoxy) is 1. The molecule has 0 radical (unpaired) electrons. The van der Waals surface area contributed by atoms with Crippen LogP contribution in [0, 0.1) is 5.82 Å². The summed E-state index contributed by atoms with van der Waals surface area (Å²) >= 11 is 5.88. The summed E-state index contributed by atoms with van der Waals surface area (Å²) in [4.78, 5) is 2.28. The number of nitrogens with zero attached hydrogens (tertiary/aromatic N) is 1. The first-order valence-electron chi connectivity index (χ1n) is 6.54. The van der Waals surface area contributed by atoms with Crippen molar-refractivity contribution in [3.05, 3.63) is 34.6 Å². The van der Waals surface area contributed by atoms with Crippen molar-refractivity contribution in [1.82, 2.24) is 4.90 Å². The lowest BCUT2D eigenvalue weighted by Gasteiger charge is -2.38. The zero-order chi connectivity index (χ0) is 13.8. The Balaban J connectivity index is 2.05. The largest absolute Gasteiger partial charge is 0.381 e. The number of hydrogen-bond donors (Lipinski definition) is 1. The van der Waals surface area contributed by atoms with Gasteiger partial charge in [-0.15, -0.1) is 0 Å². The van der Waals surface area contributed by atoms with Crippen molar-refractivity contribution < 1.29 is 9.13 Å². The highest BCUT2D eigenvalue weighted by atomic mass is 35.5. The number of nitrogens with two attached hydrogens (primary N) is 1. The normalized spacial score (nSPS) is 24.6. The predicted molar refractivity (Wildman–Crippen MR) is 74.7 cm³/mol. The second-order valence-corrected chi connectivity index (χ2v) is 5.46. The molecule has 1 aliphatic heterocycles. The maximum Gasteiger partial charge on any atom is 0.125 e. The van der Waals surface area contributed by atoms with Crippen LogP contribution in [0.3, 0.4) is 0 Å². The van der Waals surface area contributed by atoms with Crippen LogP contribution in [0.1, 0.15) is 18.4 Å². The van der Waals surface area contributed by atoms with Gasteiger partial charge in [0.15, 0.2) is 0 Å². The van der Waals surface area contributed by atoms with Gasteiger partial charge in [-0.3, -0.25) is 4.90 Å². The van der Waals surface area contributed by atoms with E-state index in [1.54, 1.807) is 13.2 Å². The molecule has 0 spiro atoms. The molecule has 5 heteroatoms. The Morgan fingerprint density at radius 1 is 1.47 bits per heavy atom. The van der Waals surface area contributed by atoms with E-state index in [4.69, 9.17) is 22.1 Å². The van der Waals surface area contributed by atoms with E-state index in [0.717, 1.165) is 24.9 Å². The molecule has 0 aliphatic carbocycles. The Labute approximate surface area is 118 Å². The Morgan fingerprint density at radius 2 is 2.26 bits per heavy atom. The van der Waals surface area contributed by atoms with Crippen molar-refractivity contribution in [2.45, 2.75) is 31.5 Å². The molecule has 1 fully saturated rings. The van der Waals surface area contributed by atoms with Crippen LogP contribution in [0.4, 0.5) is 4.39 Å². The first-order chi connectivity index (χ1) is 9.12. The number of hydrogen-bond acceptors (Lipinski definition) is 3. The highest BCUT2D eigenvalue weighted by Crippen LogP contribution is 2.23. The molecule has 1 aliphatic rings. The third-order valence-electron chi connectivity index (χ3n) is 3.70. The third-order valence-corrected chi connectivity index (χ3v) is 3.92. The summed E-state index contributed by atoms with van der Waals surface area (Å²) in [6.07, 6.45) is 2.19. The Morgan fingerprint density at radius 3 is 2.89 bits per heavy atom. The van der Waals surface area contributed by atoms with Gasteiger partial charge >= 0.3 is 0 Å². The lowest BCUT2D eigenvalue weighted by Crippen LogP contribution is -2.47. The molecule has 1 aromatic rings. The van der Waals surface area contributed by atoms with Gasteiger partial charge in [0.25, 0.3) is 0 Å². The number of benzene rings is 1. The van der Waals surface area contributed by atoms with Crippen LogP contribution in [-0.4, -0.2) is 37.2 Å². The minimum Gasteiger partial charge on any atom is -0.381 e. The smallest absolute Gasteiger partial charge is 0.125 e. The van der Waals surface area contributed by atoms with Crippen LogP contribution in [0.2, 0.25) is 5.02 Å². The number of methoxy groups -OCH3 is 1. The number of piperidine rings is 1. The van der Waals surface area contributed by atoms with Gasteiger partial charge < -0.3 is 10.5 Å². The van der Waals surface area contributed by atoms with Gasteiger partial charge in [-0.1, -0.05) is 11.6 Å². The monoisotopic (exact) mass is 286 g/mol. The van der Waals surface area contributed by atoms with Crippen molar-refractivity contribution in [3.63, 3.8) is 0 Å². The topological polar surface area (TPSA) is 38.5 Å². The molecular formula is C14H20ClFN2O. The van der Waals surface area contributed by atoms with E-state index < -0.39 is 0 Å². The molecule has 1 heterocycles. The number of rotatable bonds is 4. The molecule has 3 nitrogen and oxygen atoms in total. The van der Waals surface area contributed by atoms with Crippen LogP contribution in [-0.2, 0) is 11.3 Å². The highest BCUT2D eigenvalue weighted by molar-refractivity contribution is 6.30. The average molecular weight is 287 g/mol. The fourth-order valence-electron chi connectivity index (χ4n) is 2.67. The van der Waals surface area contributed by atoms with E-state index in [9.17, 15) is 4.39 Å². The fraction of sp³-hybridized carbons (Fsp3) is 0.571. The Hall–Kier alpha value is -0.680. The van der Waals surface area contributed by atoms with Gasteiger partial charge in [-0.2, -0.15) is 0 Å². The lowest BCUT2D eigenvalue weighted by molar-refractivity contribution is 0.0102. The molecule has 2 atom stereocenters. The third kappa shape index (κ3) is 3.89. The van der Waals surface area contributed by atoms with Crippen molar-refractivity contribution in [3.8, 4) is 0 Å². The van der Waals surface area contributed by atoms with Crippen LogP contribution < -0.4 is 5.73 Å². The van der Waals surface area contributed by atoms with Crippen LogP contribution >= 0.6 is 11.6 Å². The first kappa shape index (κ1) is 14.7. The minimum atomic E-state index is -0.293. The zero-order valence-electron chi connectivity index (χ0n) is 11.1. The van der Waals surface area contributed by atoms with Crippen molar-refractivity contribution in [2.24, 2.45) is 5.73 Å². The van der Waals surface area contributed by atoms with Gasteiger partial charge in [0, 0.05) is 37.8 Å². The molecular weight excluding hydrogens is 267 g/mol. The molecule has 2 N–H and O–H groups in total.